The highest BCUT2D eigenvalue weighted by Gasteiger charge is 2.32. The molecule has 3 unspecified atom stereocenters. The quantitative estimate of drug-likeness (QED) is 0.176. The second kappa shape index (κ2) is 13.4. The summed E-state index contributed by atoms with van der Waals surface area (Å²) in [5.41, 5.74) is 3.88. The molecule has 12 heteroatoms. The number of amides is 1. The molecule has 2 heterocycles. The number of carbonyl (C=O) groups is 1. The molecule has 1 aromatic heterocycles. The number of tetrazole rings is 1. The topological polar surface area (TPSA) is 141 Å². The van der Waals surface area contributed by atoms with Gasteiger partial charge < -0.3 is 24.4 Å². The Morgan fingerprint density at radius 1 is 1.07 bits per heavy atom. The van der Waals surface area contributed by atoms with E-state index in [0.717, 1.165) is 22.4 Å². The summed E-state index contributed by atoms with van der Waals surface area (Å²) in [6.07, 6.45) is 0.395. The second-order valence-electron chi connectivity index (χ2n) is 9.18. The number of aliphatic hydroxyl groups excluding tert-OH is 1. The molecule has 3 aromatic carbocycles. The average molecular weight is 576 g/mol. The number of hydrogen-bond acceptors (Lipinski definition) is 10. The SMILES string of the molecule is C=CCOC(=O)Nc1ccc(C2OC(CSc3nnnn3-c3ccc(O)cc3)CC(c3ccc(CO)cc3)O2)cc1. The van der Waals surface area contributed by atoms with E-state index < -0.39 is 12.4 Å². The zero-order valence-corrected chi connectivity index (χ0v) is 22.8. The lowest BCUT2D eigenvalue weighted by molar-refractivity contribution is -0.245. The fourth-order valence-corrected chi connectivity index (χ4v) is 5.14. The van der Waals surface area contributed by atoms with Crippen molar-refractivity contribution in [3.8, 4) is 11.4 Å². The number of aromatic hydroxyl groups is 1. The molecule has 0 spiro atoms. The van der Waals surface area contributed by atoms with Crippen molar-refractivity contribution in [3.63, 3.8) is 0 Å². The van der Waals surface area contributed by atoms with Gasteiger partial charge in [0.15, 0.2) is 6.29 Å². The number of aliphatic hydroxyl groups is 1. The molecular weight excluding hydrogens is 546 g/mol. The van der Waals surface area contributed by atoms with Crippen molar-refractivity contribution in [1.29, 1.82) is 0 Å². The number of rotatable bonds is 10. The molecule has 5 rings (SSSR count). The van der Waals surface area contributed by atoms with Crippen LogP contribution in [0.4, 0.5) is 10.5 Å². The summed E-state index contributed by atoms with van der Waals surface area (Å²) in [6.45, 7) is 3.62. The van der Waals surface area contributed by atoms with Crippen LogP contribution in [0.5, 0.6) is 5.75 Å². The van der Waals surface area contributed by atoms with E-state index >= 15 is 0 Å². The summed E-state index contributed by atoms with van der Waals surface area (Å²) in [7, 11) is 0. The number of thioether (sulfide) groups is 1. The van der Waals surface area contributed by atoms with Crippen molar-refractivity contribution in [2.24, 2.45) is 0 Å². The van der Waals surface area contributed by atoms with Crippen LogP contribution < -0.4 is 5.32 Å². The van der Waals surface area contributed by atoms with Crippen molar-refractivity contribution < 1.29 is 29.2 Å². The average Bonchev–Trinajstić information content (AvgIpc) is 3.48. The van der Waals surface area contributed by atoms with E-state index in [1.807, 2.05) is 36.4 Å². The van der Waals surface area contributed by atoms with Crippen LogP contribution in [0.15, 0.2) is 90.6 Å². The molecule has 1 saturated heterocycles. The second-order valence-corrected chi connectivity index (χ2v) is 10.2. The summed E-state index contributed by atoms with van der Waals surface area (Å²) in [5.74, 6) is 0.713. The third-order valence-corrected chi connectivity index (χ3v) is 7.36. The van der Waals surface area contributed by atoms with Gasteiger partial charge in [0.05, 0.1) is 24.5 Å². The van der Waals surface area contributed by atoms with Crippen LogP contribution in [0, 0.1) is 0 Å². The minimum absolute atomic E-state index is 0.0337. The van der Waals surface area contributed by atoms with E-state index in [0.29, 0.717) is 23.0 Å². The number of nitrogens with one attached hydrogen (secondary N) is 1. The fraction of sp³-hybridized carbons (Fsp3) is 0.241. The summed E-state index contributed by atoms with van der Waals surface area (Å²) in [6, 6.07) is 21.5. The van der Waals surface area contributed by atoms with Gasteiger partial charge in [0.2, 0.25) is 5.16 Å². The van der Waals surface area contributed by atoms with Crippen molar-refractivity contribution in [2.75, 3.05) is 17.7 Å². The first-order valence-corrected chi connectivity index (χ1v) is 13.9. The van der Waals surface area contributed by atoms with E-state index in [4.69, 9.17) is 14.2 Å². The monoisotopic (exact) mass is 575 g/mol. The molecule has 0 saturated carbocycles. The Kier molecular flexibility index (Phi) is 9.26. The van der Waals surface area contributed by atoms with Gasteiger partial charge in [-0.25, -0.2) is 4.79 Å². The van der Waals surface area contributed by atoms with Crippen LogP contribution in [0.25, 0.3) is 5.69 Å². The van der Waals surface area contributed by atoms with Crippen LogP contribution in [0.3, 0.4) is 0 Å². The standard InChI is InChI=1S/C29H29N5O6S/c1-2-15-38-29(37)30-22-9-7-21(8-10-22)27-39-25(16-26(40-27)20-5-3-19(17-35)4-6-20)18-41-28-31-32-33-34(28)23-11-13-24(36)14-12-23/h2-14,25-27,35-36H,1,15-18H2,(H,30,37). The maximum Gasteiger partial charge on any atom is 0.411 e. The number of carbonyl (C=O) groups excluding carboxylic acids is 1. The van der Waals surface area contributed by atoms with Crippen LogP contribution >= 0.6 is 11.8 Å². The van der Waals surface area contributed by atoms with Crippen LogP contribution in [0.1, 0.15) is 35.5 Å². The van der Waals surface area contributed by atoms with Crippen molar-refractivity contribution in [1.82, 2.24) is 20.2 Å². The molecule has 3 N–H and O–H groups in total. The smallest absolute Gasteiger partial charge is 0.411 e. The van der Waals surface area contributed by atoms with Gasteiger partial charge in [-0.2, -0.15) is 4.68 Å². The maximum absolute atomic E-state index is 11.9. The summed E-state index contributed by atoms with van der Waals surface area (Å²) in [5, 5.41) is 34.4. The number of benzene rings is 3. The van der Waals surface area contributed by atoms with E-state index in [-0.39, 0.29) is 31.2 Å². The Bertz CT molecular complexity index is 1450. The first-order chi connectivity index (χ1) is 20.0. The lowest BCUT2D eigenvalue weighted by Crippen LogP contribution is -2.31. The Morgan fingerprint density at radius 2 is 1.80 bits per heavy atom. The van der Waals surface area contributed by atoms with Crippen LogP contribution in [-0.4, -0.2) is 55.0 Å². The highest BCUT2D eigenvalue weighted by Crippen LogP contribution is 2.39. The zero-order valence-electron chi connectivity index (χ0n) is 22.0. The van der Waals surface area contributed by atoms with E-state index in [1.54, 1.807) is 41.1 Å². The number of hydrogen-bond donors (Lipinski definition) is 3. The van der Waals surface area contributed by atoms with E-state index in [1.165, 1.54) is 17.8 Å². The largest absolute Gasteiger partial charge is 0.508 e. The molecule has 41 heavy (non-hydrogen) atoms. The van der Waals surface area contributed by atoms with Gasteiger partial charge in [0, 0.05) is 23.4 Å². The van der Waals surface area contributed by atoms with Gasteiger partial charge in [-0.05, 0) is 58.0 Å². The molecule has 1 aliphatic rings. The Labute approximate surface area is 240 Å². The molecule has 1 fully saturated rings. The van der Waals surface area contributed by atoms with Gasteiger partial charge in [-0.1, -0.05) is 60.8 Å². The summed E-state index contributed by atoms with van der Waals surface area (Å²) >= 11 is 1.46. The van der Waals surface area contributed by atoms with E-state index in [9.17, 15) is 15.0 Å². The Balaban J connectivity index is 1.31. The lowest BCUT2D eigenvalue weighted by atomic mass is 10.0. The third-order valence-electron chi connectivity index (χ3n) is 6.31. The predicted molar refractivity (Wildman–Crippen MR) is 152 cm³/mol. The van der Waals surface area contributed by atoms with E-state index in [2.05, 4.69) is 27.4 Å². The number of phenols is 1. The molecule has 4 aromatic rings. The minimum atomic E-state index is -0.660. The van der Waals surface area contributed by atoms with Crippen molar-refractivity contribution >= 4 is 23.5 Å². The normalized spacial score (nSPS) is 18.5. The molecular formula is C29H29N5O6S. The molecule has 0 aliphatic carbocycles. The molecule has 0 bridgehead atoms. The number of phenolic OH excluding ortho intramolecular Hbond substituents is 1. The molecule has 3 atom stereocenters. The van der Waals surface area contributed by atoms with Gasteiger partial charge in [0.1, 0.15) is 12.4 Å². The first-order valence-electron chi connectivity index (χ1n) is 12.9. The van der Waals surface area contributed by atoms with Crippen LogP contribution in [-0.2, 0) is 20.8 Å². The predicted octanol–water partition coefficient (Wildman–Crippen LogP) is 4.93. The number of aromatic nitrogens is 4. The third kappa shape index (κ3) is 7.30. The molecule has 1 amide bonds. The molecule has 11 nitrogen and oxygen atoms in total. The molecule has 0 radical (unpaired) electrons. The fourth-order valence-electron chi connectivity index (χ4n) is 4.23. The molecule has 212 valence electrons. The van der Waals surface area contributed by atoms with Gasteiger partial charge in [-0.3, -0.25) is 5.32 Å². The Hall–Kier alpha value is -4.23. The minimum Gasteiger partial charge on any atom is -0.508 e. The zero-order chi connectivity index (χ0) is 28.6. The van der Waals surface area contributed by atoms with Gasteiger partial charge in [0.25, 0.3) is 0 Å². The number of ether oxygens (including phenoxy) is 3. The van der Waals surface area contributed by atoms with Gasteiger partial charge in [-0.15, -0.1) is 5.10 Å². The van der Waals surface area contributed by atoms with Crippen LogP contribution in [0.2, 0.25) is 0 Å². The first kappa shape index (κ1) is 28.3. The summed E-state index contributed by atoms with van der Waals surface area (Å²) < 4.78 is 19.4. The van der Waals surface area contributed by atoms with Crippen molar-refractivity contribution in [2.45, 2.75) is 36.7 Å². The maximum atomic E-state index is 11.9. The van der Waals surface area contributed by atoms with Crippen molar-refractivity contribution in [3.05, 3.63) is 102 Å². The van der Waals surface area contributed by atoms with Gasteiger partial charge >= 0.3 is 6.09 Å². The highest BCUT2D eigenvalue weighted by molar-refractivity contribution is 7.99. The highest BCUT2D eigenvalue weighted by atomic mass is 32.2. The number of anilines is 1. The summed E-state index contributed by atoms with van der Waals surface area (Å²) in [4.78, 5) is 11.9. The Morgan fingerprint density at radius 3 is 2.51 bits per heavy atom. The lowest BCUT2D eigenvalue weighted by Gasteiger charge is -2.36. The number of nitrogens with zero attached hydrogens (tertiary/aromatic N) is 4. The molecule has 1 aliphatic heterocycles.